The second-order valence-electron chi connectivity index (χ2n) is 10.3. The Morgan fingerprint density at radius 3 is 2.70 bits per heavy atom. The normalized spacial score (nSPS) is 19.8. The van der Waals surface area contributed by atoms with Crippen molar-refractivity contribution >= 4 is 22.5 Å². The number of aliphatic hydroxyl groups is 1. The zero-order chi connectivity index (χ0) is 25.5. The highest BCUT2D eigenvalue weighted by atomic mass is 16.3. The number of anilines is 1. The summed E-state index contributed by atoms with van der Waals surface area (Å²) in [5.41, 5.74) is 7.44. The van der Waals surface area contributed by atoms with Gasteiger partial charge in [-0.05, 0) is 67.1 Å². The summed E-state index contributed by atoms with van der Waals surface area (Å²) in [4.78, 5) is 31.5. The van der Waals surface area contributed by atoms with Gasteiger partial charge in [0.05, 0.1) is 41.3 Å². The van der Waals surface area contributed by atoms with Crippen molar-refractivity contribution in [2.24, 2.45) is 0 Å². The highest BCUT2D eigenvalue weighted by Gasteiger charge is 2.38. The molecule has 4 aromatic rings. The van der Waals surface area contributed by atoms with E-state index in [0.29, 0.717) is 18.7 Å². The number of aryl methyl sites for hydroxylation is 1. The van der Waals surface area contributed by atoms with Crippen LogP contribution < -0.4 is 4.90 Å². The first-order valence-corrected chi connectivity index (χ1v) is 13.0. The first kappa shape index (κ1) is 23.6. The molecule has 0 unspecified atom stereocenters. The van der Waals surface area contributed by atoms with E-state index in [-0.39, 0.29) is 11.9 Å². The Morgan fingerprint density at radius 2 is 1.92 bits per heavy atom. The summed E-state index contributed by atoms with van der Waals surface area (Å²) in [5.74, 6) is -0.0201. The van der Waals surface area contributed by atoms with Crippen molar-refractivity contribution in [2.75, 3.05) is 18.6 Å². The highest BCUT2D eigenvalue weighted by molar-refractivity contribution is 6.10. The first-order valence-electron chi connectivity index (χ1n) is 13.0. The molecule has 3 aromatic heterocycles. The zero-order valence-corrected chi connectivity index (χ0v) is 21.3. The van der Waals surface area contributed by atoms with Crippen molar-refractivity contribution in [1.29, 1.82) is 0 Å². The lowest BCUT2D eigenvalue weighted by Gasteiger charge is -2.43. The number of benzene rings is 1. The number of rotatable bonds is 4. The van der Waals surface area contributed by atoms with Crippen LogP contribution in [-0.4, -0.2) is 56.7 Å². The predicted octanol–water partition coefficient (Wildman–Crippen LogP) is 4.74. The molecule has 4 heterocycles. The van der Waals surface area contributed by atoms with E-state index >= 15 is 0 Å². The lowest BCUT2D eigenvalue weighted by atomic mass is 9.89. The fourth-order valence-electron chi connectivity index (χ4n) is 5.84. The number of fused-ring (bicyclic) bond motifs is 3. The van der Waals surface area contributed by atoms with Crippen molar-refractivity contribution in [1.82, 2.24) is 19.9 Å². The zero-order valence-electron chi connectivity index (χ0n) is 21.3. The van der Waals surface area contributed by atoms with Crippen LogP contribution in [0.4, 0.5) is 5.69 Å². The smallest absolute Gasteiger partial charge is 0.257 e. The Labute approximate surface area is 216 Å². The van der Waals surface area contributed by atoms with Gasteiger partial charge in [-0.25, -0.2) is 0 Å². The molecule has 1 amide bonds. The van der Waals surface area contributed by atoms with E-state index in [9.17, 15) is 9.90 Å². The van der Waals surface area contributed by atoms with Gasteiger partial charge in [-0.1, -0.05) is 25.0 Å². The molecule has 2 aliphatic rings. The van der Waals surface area contributed by atoms with Crippen LogP contribution in [0.2, 0.25) is 0 Å². The molecule has 6 rings (SSSR count). The quantitative estimate of drug-likeness (QED) is 0.442. The Bertz CT molecular complexity index is 1470. The SMILES string of the molecule is Cc1cncc(-c2ccc(Cc3cc4c(c5ncccc35)N(C)CN([C@H]3CCCC[C@@H]3O)C4=O)cn2)c1. The molecule has 1 N–H and O–H groups in total. The van der Waals surface area contributed by atoms with Crippen LogP contribution in [-0.2, 0) is 6.42 Å². The van der Waals surface area contributed by atoms with Gasteiger partial charge in [0.2, 0.25) is 0 Å². The fourth-order valence-corrected chi connectivity index (χ4v) is 5.84. The molecule has 188 valence electrons. The van der Waals surface area contributed by atoms with Gasteiger partial charge in [0.25, 0.3) is 5.91 Å². The first-order chi connectivity index (χ1) is 18.0. The molecule has 7 nitrogen and oxygen atoms in total. The number of carbonyl (C=O) groups is 1. The Kier molecular flexibility index (Phi) is 6.08. The molecule has 2 atom stereocenters. The fraction of sp³-hybridized carbons (Fsp3) is 0.333. The summed E-state index contributed by atoms with van der Waals surface area (Å²) in [5, 5.41) is 11.7. The maximum atomic E-state index is 13.8. The number of aromatic nitrogens is 3. The Balaban J connectivity index is 1.37. The molecule has 0 spiro atoms. The van der Waals surface area contributed by atoms with Crippen LogP contribution in [0, 0.1) is 6.92 Å². The summed E-state index contributed by atoms with van der Waals surface area (Å²) >= 11 is 0. The third-order valence-electron chi connectivity index (χ3n) is 7.67. The van der Waals surface area contributed by atoms with Gasteiger partial charge in [-0.15, -0.1) is 0 Å². The molecule has 0 bridgehead atoms. The molecule has 1 fully saturated rings. The van der Waals surface area contributed by atoms with Gasteiger partial charge < -0.3 is 14.9 Å². The Hall–Kier alpha value is -3.84. The maximum Gasteiger partial charge on any atom is 0.257 e. The molecule has 1 saturated carbocycles. The molecule has 37 heavy (non-hydrogen) atoms. The summed E-state index contributed by atoms with van der Waals surface area (Å²) in [6, 6.07) is 12.1. The number of amides is 1. The van der Waals surface area contributed by atoms with Crippen LogP contribution in [0.25, 0.3) is 22.2 Å². The van der Waals surface area contributed by atoms with E-state index < -0.39 is 6.10 Å². The third-order valence-corrected chi connectivity index (χ3v) is 7.67. The predicted molar refractivity (Wildman–Crippen MR) is 144 cm³/mol. The molecule has 1 aromatic carbocycles. The van der Waals surface area contributed by atoms with Crippen LogP contribution in [0.5, 0.6) is 0 Å². The molecule has 0 saturated heterocycles. The number of hydrogen-bond donors (Lipinski definition) is 1. The van der Waals surface area contributed by atoms with Gasteiger partial charge in [-0.3, -0.25) is 19.7 Å². The highest BCUT2D eigenvalue weighted by Crippen LogP contribution is 2.38. The van der Waals surface area contributed by atoms with E-state index in [4.69, 9.17) is 9.97 Å². The number of pyridine rings is 3. The van der Waals surface area contributed by atoms with Crippen molar-refractivity contribution in [2.45, 2.75) is 51.2 Å². The molecule has 0 radical (unpaired) electrons. The summed E-state index contributed by atoms with van der Waals surface area (Å²) < 4.78 is 0. The van der Waals surface area contributed by atoms with E-state index in [0.717, 1.165) is 70.2 Å². The van der Waals surface area contributed by atoms with E-state index in [1.54, 1.807) is 6.20 Å². The lowest BCUT2D eigenvalue weighted by Crippen LogP contribution is -2.55. The van der Waals surface area contributed by atoms with Crippen LogP contribution >= 0.6 is 0 Å². The largest absolute Gasteiger partial charge is 0.391 e. The third kappa shape index (κ3) is 4.33. The van der Waals surface area contributed by atoms with E-state index in [1.807, 2.05) is 55.7 Å². The number of hydrogen-bond acceptors (Lipinski definition) is 6. The van der Waals surface area contributed by atoms with Crippen molar-refractivity contribution in [3.05, 3.63) is 83.4 Å². The standard InChI is InChI=1S/C30H31N5O2/c1-19-12-22(17-31-15-19)25-10-9-20(16-33-25)13-21-14-24-29(28-23(21)6-5-11-32-28)34(2)18-35(30(24)37)26-7-3-4-8-27(26)36/h5-6,9-12,14-17,26-27,36H,3-4,7-8,13,18H2,1-2H3/t26-,27-/m0/s1. The van der Waals surface area contributed by atoms with Gasteiger partial charge >= 0.3 is 0 Å². The minimum Gasteiger partial charge on any atom is -0.391 e. The van der Waals surface area contributed by atoms with Gasteiger partial charge in [0, 0.05) is 42.8 Å². The van der Waals surface area contributed by atoms with Crippen LogP contribution in [0.15, 0.2) is 61.2 Å². The van der Waals surface area contributed by atoms with Gasteiger partial charge in [-0.2, -0.15) is 0 Å². The minimum absolute atomic E-state index is 0.0201. The topological polar surface area (TPSA) is 82.5 Å². The molecule has 1 aliphatic carbocycles. The number of carbonyl (C=O) groups excluding carboxylic acids is 1. The average Bonchev–Trinajstić information content (AvgIpc) is 2.91. The van der Waals surface area contributed by atoms with Crippen LogP contribution in [0.3, 0.4) is 0 Å². The lowest BCUT2D eigenvalue weighted by molar-refractivity contribution is 0.0167. The Morgan fingerprint density at radius 1 is 1.05 bits per heavy atom. The summed E-state index contributed by atoms with van der Waals surface area (Å²) in [6.07, 6.45) is 11.1. The molecule has 1 aliphatic heterocycles. The van der Waals surface area contributed by atoms with Crippen LogP contribution in [0.1, 0.15) is 52.7 Å². The minimum atomic E-state index is -0.473. The van der Waals surface area contributed by atoms with Crippen molar-refractivity contribution in [3.63, 3.8) is 0 Å². The maximum absolute atomic E-state index is 13.8. The van der Waals surface area contributed by atoms with Gasteiger partial charge in [0.1, 0.15) is 0 Å². The second kappa shape index (κ2) is 9.56. The van der Waals surface area contributed by atoms with Gasteiger partial charge in [0.15, 0.2) is 0 Å². The van der Waals surface area contributed by atoms with E-state index in [2.05, 4.69) is 28.1 Å². The van der Waals surface area contributed by atoms with Crippen molar-refractivity contribution < 1.29 is 9.90 Å². The summed E-state index contributed by atoms with van der Waals surface area (Å²) in [6.45, 7) is 2.48. The van der Waals surface area contributed by atoms with Crippen molar-refractivity contribution in [3.8, 4) is 11.3 Å². The number of nitrogens with zero attached hydrogens (tertiary/aromatic N) is 5. The average molecular weight is 494 g/mol. The van der Waals surface area contributed by atoms with E-state index in [1.165, 1.54) is 0 Å². The monoisotopic (exact) mass is 493 g/mol. The summed E-state index contributed by atoms with van der Waals surface area (Å²) in [7, 11) is 2.00. The second-order valence-corrected chi connectivity index (χ2v) is 10.3. The number of aliphatic hydroxyl groups excluding tert-OH is 1. The molecular formula is C30H31N5O2. The molecule has 7 heteroatoms. The molecular weight excluding hydrogens is 462 g/mol.